The van der Waals surface area contributed by atoms with Crippen molar-refractivity contribution in [2.45, 2.75) is 39.5 Å². The number of aliphatic imine (C=N–C) groups is 2. The molecule has 14 heteroatoms. The number of hydrogen-bond acceptors (Lipinski definition) is 8. The molecule has 0 aromatic heterocycles. The highest BCUT2D eigenvalue weighted by atomic mass is 35.5. The molecule has 48 heavy (non-hydrogen) atoms. The zero-order valence-electron chi connectivity index (χ0n) is 26.9. The van der Waals surface area contributed by atoms with E-state index < -0.39 is 11.9 Å². The number of nitrogens with one attached hydrogen (secondary N) is 2. The summed E-state index contributed by atoms with van der Waals surface area (Å²) in [5.41, 5.74) is 2.38. The fourth-order valence-corrected chi connectivity index (χ4v) is 4.92. The van der Waals surface area contributed by atoms with E-state index in [1.165, 1.54) is 9.80 Å². The standard InChI is InChI=1S/2C15H15ClN2O3.C4H10N2/c2*1-10-17-13(9-11-4-6-12(16)7-5-11)15(21)18(10)8-2-3-14(19)20;1-2-6-4-3-5-1/h2*4-7,9H,2-3,8H2,1H3,(H,19,20);5-6H,1-4H2/b2*13-9+;. The Kier molecular flexibility index (Phi) is 15.4. The van der Waals surface area contributed by atoms with Crippen molar-refractivity contribution in [2.75, 3.05) is 39.3 Å². The van der Waals surface area contributed by atoms with Crippen LogP contribution >= 0.6 is 23.2 Å². The van der Waals surface area contributed by atoms with Gasteiger partial charge in [0.05, 0.1) is 0 Å². The highest BCUT2D eigenvalue weighted by Crippen LogP contribution is 2.21. The summed E-state index contributed by atoms with van der Waals surface area (Å²) in [4.78, 5) is 57.0. The molecule has 2 aromatic carbocycles. The minimum absolute atomic E-state index is 0.0350. The van der Waals surface area contributed by atoms with Crippen LogP contribution in [0.15, 0.2) is 69.9 Å². The third-order valence-electron chi connectivity index (χ3n) is 7.12. The lowest BCUT2D eigenvalue weighted by Gasteiger charge is -2.14. The Hall–Kier alpha value is -4.36. The first-order valence-corrected chi connectivity index (χ1v) is 16.2. The molecule has 0 spiro atoms. The maximum absolute atomic E-state index is 12.2. The highest BCUT2D eigenvalue weighted by molar-refractivity contribution is 6.30. The van der Waals surface area contributed by atoms with E-state index in [1.807, 2.05) is 0 Å². The number of carboxylic acids is 2. The van der Waals surface area contributed by atoms with Gasteiger partial charge in [-0.1, -0.05) is 47.5 Å². The fraction of sp³-hybridized carbons (Fsp3) is 0.353. The summed E-state index contributed by atoms with van der Waals surface area (Å²) in [5, 5.41) is 25.0. The van der Waals surface area contributed by atoms with Gasteiger partial charge in [-0.3, -0.25) is 29.0 Å². The largest absolute Gasteiger partial charge is 0.481 e. The molecule has 5 rings (SSSR count). The predicted molar refractivity (Wildman–Crippen MR) is 188 cm³/mol. The Labute approximate surface area is 289 Å². The van der Waals surface area contributed by atoms with Crippen molar-refractivity contribution in [1.82, 2.24) is 20.4 Å². The first-order valence-electron chi connectivity index (χ1n) is 15.5. The van der Waals surface area contributed by atoms with Gasteiger partial charge in [-0.05, 0) is 74.2 Å². The molecule has 0 bridgehead atoms. The molecule has 0 unspecified atom stereocenters. The topological polar surface area (TPSA) is 164 Å². The fourth-order valence-electron chi connectivity index (χ4n) is 4.66. The first-order chi connectivity index (χ1) is 22.9. The molecule has 2 amide bonds. The summed E-state index contributed by atoms with van der Waals surface area (Å²) >= 11 is 11.6. The van der Waals surface area contributed by atoms with Crippen LogP contribution in [0.2, 0.25) is 10.0 Å². The van der Waals surface area contributed by atoms with Gasteiger partial charge < -0.3 is 20.8 Å². The van der Waals surface area contributed by atoms with Crippen molar-refractivity contribution < 1.29 is 29.4 Å². The Balaban J connectivity index is 0.000000222. The molecule has 0 radical (unpaired) electrons. The lowest BCUT2D eigenvalue weighted by atomic mass is 10.2. The molecule has 2 aromatic rings. The number of hydrogen-bond donors (Lipinski definition) is 4. The molecular formula is C34H40Cl2N6O6. The van der Waals surface area contributed by atoms with Gasteiger partial charge in [0.2, 0.25) is 0 Å². The zero-order valence-corrected chi connectivity index (χ0v) is 28.4. The number of carbonyl (C=O) groups excluding carboxylic acids is 2. The van der Waals surface area contributed by atoms with Crippen LogP contribution in [0.25, 0.3) is 12.2 Å². The van der Waals surface area contributed by atoms with Gasteiger partial charge >= 0.3 is 11.9 Å². The Morgan fingerprint density at radius 2 is 1.02 bits per heavy atom. The van der Waals surface area contributed by atoms with E-state index in [9.17, 15) is 19.2 Å². The molecule has 3 aliphatic heterocycles. The number of rotatable bonds is 10. The minimum atomic E-state index is -0.867. The van der Waals surface area contributed by atoms with Crippen molar-refractivity contribution in [3.05, 3.63) is 81.1 Å². The smallest absolute Gasteiger partial charge is 0.303 e. The van der Waals surface area contributed by atoms with Crippen molar-refractivity contribution in [3.63, 3.8) is 0 Å². The average Bonchev–Trinajstić information content (AvgIpc) is 3.48. The second-order valence-electron chi connectivity index (χ2n) is 10.9. The van der Waals surface area contributed by atoms with Gasteiger partial charge in [-0.15, -0.1) is 0 Å². The van der Waals surface area contributed by atoms with E-state index in [2.05, 4.69) is 20.6 Å². The van der Waals surface area contributed by atoms with E-state index in [1.54, 1.807) is 74.5 Å². The molecular weight excluding hydrogens is 659 g/mol. The van der Waals surface area contributed by atoms with Crippen LogP contribution in [0.1, 0.15) is 50.7 Å². The lowest BCUT2D eigenvalue weighted by molar-refractivity contribution is -0.138. The third kappa shape index (κ3) is 12.7. The predicted octanol–water partition coefficient (Wildman–Crippen LogP) is 4.79. The van der Waals surface area contributed by atoms with Crippen molar-refractivity contribution in [2.24, 2.45) is 9.98 Å². The number of amidine groups is 2. The first kappa shape index (κ1) is 38.1. The van der Waals surface area contributed by atoms with Gasteiger partial charge in [0.25, 0.3) is 11.8 Å². The molecule has 0 aliphatic carbocycles. The Morgan fingerprint density at radius 1 is 0.688 bits per heavy atom. The molecule has 4 N–H and O–H groups in total. The zero-order chi connectivity index (χ0) is 35.1. The van der Waals surface area contributed by atoms with Gasteiger partial charge in [-0.25, -0.2) is 9.98 Å². The number of nitrogens with zero attached hydrogens (tertiary/aromatic N) is 4. The summed E-state index contributed by atoms with van der Waals surface area (Å²) in [6.45, 7) is 8.75. The number of carbonyl (C=O) groups is 4. The second kappa shape index (κ2) is 19.5. The molecule has 3 aliphatic rings. The van der Waals surface area contributed by atoms with Crippen LogP contribution in [-0.4, -0.2) is 94.7 Å². The molecule has 256 valence electrons. The molecule has 1 fully saturated rings. The minimum Gasteiger partial charge on any atom is -0.481 e. The van der Waals surface area contributed by atoms with Crippen LogP contribution in [0.5, 0.6) is 0 Å². The average molecular weight is 700 g/mol. The maximum atomic E-state index is 12.2. The van der Waals surface area contributed by atoms with Crippen molar-refractivity contribution in [1.29, 1.82) is 0 Å². The Morgan fingerprint density at radius 3 is 1.31 bits per heavy atom. The molecule has 3 heterocycles. The summed E-state index contributed by atoms with van der Waals surface area (Å²) in [7, 11) is 0. The number of piperazine rings is 1. The number of halogens is 2. The summed E-state index contributed by atoms with van der Waals surface area (Å²) in [6, 6.07) is 14.2. The monoisotopic (exact) mass is 698 g/mol. The number of carboxylic acid groups (broad SMARTS) is 2. The highest BCUT2D eigenvalue weighted by Gasteiger charge is 2.28. The van der Waals surface area contributed by atoms with Crippen LogP contribution in [-0.2, 0) is 19.2 Å². The van der Waals surface area contributed by atoms with Crippen LogP contribution in [0.3, 0.4) is 0 Å². The molecule has 0 saturated carbocycles. The van der Waals surface area contributed by atoms with Crippen molar-refractivity contribution in [3.8, 4) is 0 Å². The summed E-state index contributed by atoms with van der Waals surface area (Å²) < 4.78 is 0. The SMILES string of the molecule is C1CNCCN1.CC1=N/C(=C/c2ccc(Cl)cc2)C(=O)N1CCCC(=O)O.CC1=N/C(=C/c2ccc(Cl)cc2)C(=O)N1CCCC(=O)O. The third-order valence-corrected chi connectivity index (χ3v) is 7.63. The number of aliphatic carboxylic acids is 2. The number of benzene rings is 2. The molecule has 1 saturated heterocycles. The van der Waals surface area contributed by atoms with E-state index in [4.69, 9.17) is 33.4 Å². The van der Waals surface area contributed by atoms with Crippen molar-refractivity contribution >= 4 is 70.8 Å². The van der Waals surface area contributed by atoms with E-state index in [-0.39, 0.29) is 24.7 Å². The van der Waals surface area contributed by atoms with Crippen LogP contribution in [0.4, 0.5) is 0 Å². The molecule has 0 atom stereocenters. The van der Waals surface area contributed by atoms with Crippen LogP contribution < -0.4 is 10.6 Å². The van der Waals surface area contributed by atoms with Gasteiger partial charge in [0.1, 0.15) is 23.1 Å². The summed E-state index contributed by atoms with van der Waals surface area (Å²) in [5.74, 6) is -0.960. The van der Waals surface area contributed by atoms with Gasteiger partial charge in [0.15, 0.2) is 0 Å². The normalized spacial score (nSPS) is 17.4. The number of amides is 2. The quantitative estimate of drug-likeness (QED) is 0.257. The Bertz CT molecular complexity index is 1440. The summed E-state index contributed by atoms with van der Waals surface area (Å²) in [6.07, 6.45) is 4.27. The second-order valence-corrected chi connectivity index (χ2v) is 11.8. The lowest BCUT2D eigenvalue weighted by Crippen LogP contribution is -2.39. The van der Waals surface area contributed by atoms with E-state index in [0.29, 0.717) is 59.0 Å². The van der Waals surface area contributed by atoms with Crippen LogP contribution in [0, 0.1) is 0 Å². The van der Waals surface area contributed by atoms with Gasteiger partial charge in [-0.2, -0.15) is 0 Å². The van der Waals surface area contributed by atoms with Gasteiger partial charge in [0, 0.05) is 62.2 Å². The molecule has 12 nitrogen and oxygen atoms in total. The van der Waals surface area contributed by atoms with E-state index in [0.717, 1.165) is 37.3 Å². The maximum Gasteiger partial charge on any atom is 0.303 e. The van der Waals surface area contributed by atoms with E-state index >= 15 is 0 Å².